The predicted molar refractivity (Wildman–Crippen MR) is 106 cm³/mol. The largest absolute Gasteiger partial charge is 0.491 e. The number of benzene rings is 2. The van der Waals surface area contributed by atoms with E-state index in [1.54, 1.807) is 0 Å². The third-order valence-electron chi connectivity index (χ3n) is 4.67. The van der Waals surface area contributed by atoms with E-state index in [2.05, 4.69) is 49.4 Å². The molecule has 26 heavy (non-hydrogen) atoms. The molecule has 138 valence electrons. The summed E-state index contributed by atoms with van der Waals surface area (Å²) in [5.74, 6) is 2.24. The number of aryl methyl sites for hydroxylation is 2. The van der Waals surface area contributed by atoms with E-state index in [0.717, 1.165) is 34.6 Å². The van der Waals surface area contributed by atoms with E-state index in [9.17, 15) is 5.11 Å². The van der Waals surface area contributed by atoms with Gasteiger partial charge in [-0.3, -0.25) is 0 Å². The zero-order valence-electron chi connectivity index (χ0n) is 16.1. The summed E-state index contributed by atoms with van der Waals surface area (Å²) in [6, 6.07) is 14.3. The third kappa shape index (κ3) is 3.91. The molecular formula is C22H28N2O2. The van der Waals surface area contributed by atoms with E-state index in [4.69, 9.17) is 4.74 Å². The minimum Gasteiger partial charge on any atom is -0.491 e. The van der Waals surface area contributed by atoms with Crippen molar-refractivity contribution in [2.24, 2.45) is 0 Å². The number of nitrogens with zero attached hydrogens (tertiary/aromatic N) is 2. The van der Waals surface area contributed by atoms with Gasteiger partial charge < -0.3 is 14.4 Å². The number of rotatable bonds is 7. The summed E-state index contributed by atoms with van der Waals surface area (Å²) < 4.78 is 8.09. The van der Waals surface area contributed by atoms with Crippen molar-refractivity contribution in [3.05, 3.63) is 59.4 Å². The maximum absolute atomic E-state index is 10.6. The molecule has 0 fully saturated rings. The number of fused-ring (bicyclic) bond motifs is 1. The Kier molecular flexibility index (Phi) is 5.62. The molecule has 0 radical (unpaired) electrons. The van der Waals surface area contributed by atoms with Gasteiger partial charge >= 0.3 is 0 Å². The van der Waals surface area contributed by atoms with Crippen LogP contribution in [0.25, 0.3) is 11.0 Å². The van der Waals surface area contributed by atoms with Crippen LogP contribution in [0.2, 0.25) is 0 Å². The van der Waals surface area contributed by atoms with E-state index in [-0.39, 0.29) is 6.61 Å². The molecule has 0 saturated carbocycles. The normalized spacial score (nSPS) is 12.7. The Bertz CT molecular complexity index is 883. The third-order valence-corrected chi connectivity index (χ3v) is 4.67. The van der Waals surface area contributed by atoms with E-state index in [0.29, 0.717) is 12.5 Å². The number of hydrogen-bond donors (Lipinski definition) is 1. The molecule has 0 saturated heterocycles. The highest BCUT2D eigenvalue weighted by molar-refractivity contribution is 5.75. The lowest BCUT2D eigenvalue weighted by Crippen LogP contribution is -2.24. The molecule has 0 bridgehead atoms. The molecule has 0 spiro atoms. The van der Waals surface area contributed by atoms with Crippen LogP contribution in [0.1, 0.15) is 43.6 Å². The highest BCUT2D eigenvalue weighted by Crippen LogP contribution is 2.27. The summed E-state index contributed by atoms with van der Waals surface area (Å²) in [6.45, 7) is 9.18. The molecule has 0 aliphatic carbocycles. The standard InChI is InChI=1S/C22H28N2O2/c1-5-22-23-19-8-6-7-9-20(19)24(22)13-17(25)14-26-21-12-16(4)10-11-18(21)15(2)3/h6-12,15,17,25H,5,13-14H2,1-4H3/t17-/m1/s1. The summed E-state index contributed by atoms with van der Waals surface area (Å²) in [4.78, 5) is 4.66. The van der Waals surface area contributed by atoms with E-state index >= 15 is 0 Å². The molecule has 1 aromatic heterocycles. The highest BCUT2D eigenvalue weighted by Gasteiger charge is 2.15. The Labute approximate surface area is 155 Å². The summed E-state index contributed by atoms with van der Waals surface area (Å²) in [5.41, 5.74) is 4.36. The molecule has 3 rings (SSSR count). The fourth-order valence-corrected chi connectivity index (χ4v) is 3.29. The van der Waals surface area contributed by atoms with Crippen molar-refractivity contribution >= 4 is 11.0 Å². The van der Waals surface area contributed by atoms with Crippen molar-refractivity contribution in [1.29, 1.82) is 0 Å². The molecule has 0 unspecified atom stereocenters. The molecular weight excluding hydrogens is 324 g/mol. The Balaban J connectivity index is 1.74. The molecule has 0 amide bonds. The molecule has 3 aromatic rings. The van der Waals surface area contributed by atoms with Crippen molar-refractivity contribution < 1.29 is 9.84 Å². The van der Waals surface area contributed by atoms with Crippen molar-refractivity contribution in [2.45, 2.75) is 52.7 Å². The summed E-state index contributed by atoms with van der Waals surface area (Å²) in [6.07, 6.45) is 0.232. The minimum atomic E-state index is -0.599. The van der Waals surface area contributed by atoms with E-state index in [1.807, 2.05) is 30.3 Å². The highest BCUT2D eigenvalue weighted by atomic mass is 16.5. The number of para-hydroxylation sites is 2. The number of aromatic nitrogens is 2. The predicted octanol–water partition coefficient (Wildman–Crippen LogP) is 4.47. The Morgan fingerprint density at radius 2 is 1.92 bits per heavy atom. The fourth-order valence-electron chi connectivity index (χ4n) is 3.29. The molecule has 1 heterocycles. The lowest BCUT2D eigenvalue weighted by Gasteiger charge is -2.18. The first kappa shape index (κ1) is 18.5. The SMILES string of the molecule is CCc1nc2ccccc2n1C[C@@H](O)COc1cc(C)ccc1C(C)C. The van der Waals surface area contributed by atoms with Gasteiger partial charge in [0.1, 0.15) is 24.3 Å². The Hall–Kier alpha value is -2.33. The van der Waals surface area contributed by atoms with Crippen LogP contribution in [0, 0.1) is 6.92 Å². The van der Waals surface area contributed by atoms with Crippen LogP contribution < -0.4 is 4.74 Å². The number of hydrogen-bond acceptors (Lipinski definition) is 3. The van der Waals surface area contributed by atoms with Gasteiger partial charge in [-0.25, -0.2) is 4.98 Å². The van der Waals surface area contributed by atoms with Gasteiger partial charge in [0, 0.05) is 6.42 Å². The van der Waals surface area contributed by atoms with Crippen molar-refractivity contribution in [3.8, 4) is 5.75 Å². The van der Waals surface area contributed by atoms with Gasteiger partial charge in [0.15, 0.2) is 0 Å². The number of aliphatic hydroxyl groups excluding tert-OH is 1. The second-order valence-corrected chi connectivity index (χ2v) is 7.14. The summed E-state index contributed by atoms with van der Waals surface area (Å²) in [5, 5.41) is 10.6. The zero-order valence-corrected chi connectivity index (χ0v) is 16.1. The quantitative estimate of drug-likeness (QED) is 0.682. The monoisotopic (exact) mass is 352 g/mol. The first-order valence-corrected chi connectivity index (χ1v) is 9.35. The van der Waals surface area contributed by atoms with Gasteiger partial charge in [-0.2, -0.15) is 0 Å². The minimum absolute atomic E-state index is 0.263. The molecule has 0 aliphatic heterocycles. The number of aliphatic hydroxyl groups is 1. The van der Waals surface area contributed by atoms with Gasteiger partial charge in [-0.15, -0.1) is 0 Å². The van der Waals surface area contributed by atoms with Gasteiger partial charge in [0.2, 0.25) is 0 Å². The molecule has 2 aromatic carbocycles. The van der Waals surface area contributed by atoms with Crippen LogP contribution in [-0.4, -0.2) is 27.4 Å². The first-order valence-electron chi connectivity index (χ1n) is 9.35. The smallest absolute Gasteiger partial charge is 0.123 e. The van der Waals surface area contributed by atoms with Gasteiger partial charge in [0.05, 0.1) is 17.6 Å². The average molecular weight is 352 g/mol. The second kappa shape index (κ2) is 7.92. The van der Waals surface area contributed by atoms with Crippen molar-refractivity contribution in [3.63, 3.8) is 0 Å². The molecule has 4 heteroatoms. The Morgan fingerprint density at radius 3 is 2.65 bits per heavy atom. The van der Waals surface area contributed by atoms with Gasteiger partial charge in [0.25, 0.3) is 0 Å². The Morgan fingerprint density at radius 1 is 1.15 bits per heavy atom. The van der Waals surface area contributed by atoms with Crippen LogP contribution >= 0.6 is 0 Å². The number of imidazole rings is 1. The second-order valence-electron chi connectivity index (χ2n) is 7.14. The average Bonchev–Trinajstić information content (AvgIpc) is 2.97. The topological polar surface area (TPSA) is 47.3 Å². The maximum atomic E-state index is 10.6. The van der Waals surface area contributed by atoms with Crippen LogP contribution in [0.15, 0.2) is 42.5 Å². The summed E-state index contributed by atoms with van der Waals surface area (Å²) in [7, 11) is 0. The van der Waals surface area contributed by atoms with Gasteiger partial charge in [-0.1, -0.05) is 45.0 Å². The zero-order chi connectivity index (χ0) is 18.7. The van der Waals surface area contributed by atoms with Gasteiger partial charge in [-0.05, 0) is 42.2 Å². The van der Waals surface area contributed by atoms with Crippen LogP contribution in [0.4, 0.5) is 0 Å². The lowest BCUT2D eigenvalue weighted by molar-refractivity contribution is 0.0921. The van der Waals surface area contributed by atoms with Crippen LogP contribution in [-0.2, 0) is 13.0 Å². The lowest BCUT2D eigenvalue weighted by atomic mass is 10.0. The summed E-state index contributed by atoms with van der Waals surface area (Å²) >= 11 is 0. The van der Waals surface area contributed by atoms with Crippen molar-refractivity contribution in [1.82, 2.24) is 9.55 Å². The fraction of sp³-hybridized carbons (Fsp3) is 0.409. The first-order chi connectivity index (χ1) is 12.5. The molecule has 1 N–H and O–H groups in total. The van der Waals surface area contributed by atoms with E-state index in [1.165, 1.54) is 5.56 Å². The van der Waals surface area contributed by atoms with Crippen LogP contribution in [0.5, 0.6) is 5.75 Å². The van der Waals surface area contributed by atoms with Crippen LogP contribution in [0.3, 0.4) is 0 Å². The molecule has 1 atom stereocenters. The molecule has 0 aliphatic rings. The van der Waals surface area contributed by atoms with Crippen molar-refractivity contribution in [2.75, 3.05) is 6.61 Å². The molecule has 4 nitrogen and oxygen atoms in total. The van der Waals surface area contributed by atoms with E-state index < -0.39 is 6.10 Å². The maximum Gasteiger partial charge on any atom is 0.123 e. The number of ether oxygens (including phenoxy) is 1.